The number of hydrogen-bond acceptors (Lipinski definition) is 5. The van der Waals surface area contributed by atoms with Crippen molar-refractivity contribution in [3.8, 4) is 11.5 Å². The second-order valence-corrected chi connectivity index (χ2v) is 6.07. The van der Waals surface area contributed by atoms with Crippen LogP contribution in [0.1, 0.15) is 22.4 Å². The average molecular weight is 312 g/mol. The minimum Gasteiger partial charge on any atom is -0.486 e. The summed E-state index contributed by atoms with van der Waals surface area (Å²) in [6.07, 6.45) is -0.204. The predicted octanol–water partition coefficient (Wildman–Crippen LogP) is 3.15. The Morgan fingerprint density at radius 3 is 2.95 bits per heavy atom. The molecule has 1 aromatic carbocycles. The second kappa shape index (κ2) is 5.60. The highest BCUT2D eigenvalue weighted by Crippen LogP contribution is 2.40. The van der Waals surface area contributed by atoms with Crippen molar-refractivity contribution in [2.75, 3.05) is 13.2 Å². The van der Waals surface area contributed by atoms with Crippen molar-refractivity contribution in [3.63, 3.8) is 0 Å². The summed E-state index contributed by atoms with van der Waals surface area (Å²) in [6.45, 7) is 2.93. The van der Waals surface area contributed by atoms with E-state index >= 15 is 0 Å². The van der Waals surface area contributed by atoms with Gasteiger partial charge in [0.2, 0.25) is 0 Å². The molecular weight excluding hydrogens is 298 g/mol. The lowest BCUT2D eigenvalue weighted by atomic mass is 10.0. The topological polar surface area (TPSA) is 51.6 Å². The maximum Gasteiger partial charge on any atom is 0.179 e. The van der Waals surface area contributed by atoms with E-state index in [9.17, 15) is 5.11 Å². The van der Waals surface area contributed by atoms with E-state index in [1.807, 2.05) is 12.3 Å². The minimum atomic E-state index is -0.662. The maximum atomic E-state index is 10.3. The normalized spacial score (nSPS) is 15.2. The fraction of sp³-hybridized carbons (Fsp3) is 0.357. The Morgan fingerprint density at radius 1 is 1.40 bits per heavy atom. The molecule has 1 atom stereocenters. The smallest absolute Gasteiger partial charge is 0.179 e. The van der Waals surface area contributed by atoms with E-state index < -0.39 is 6.10 Å². The Balaban J connectivity index is 1.84. The summed E-state index contributed by atoms with van der Waals surface area (Å²) >= 11 is 7.74. The molecule has 106 valence electrons. The number of rotatable bonds is 3. The minimum absolute atomic E-state index is 0.459. The van der Waals surface area contributed by atoms with Gasteiger partial charge in [0.05, 0.1) is 21.8 Å². The van der Waals surface area contributed by atoms with Crippen LogP contribution in [0.4, 0.5) is 0 Å². The van der Waals surface area contributed by atoms with Crippen molar-refractivity contribution in [2.45, 2.75) is 19.4 Å². The van der Waals surface area contributed by atoms with E-state index in [-0.39, 0.29) is 0 Å². The molecule has 20 heavy (non-hydrogen) atoms. The van der Waals surface area contributed by atoms with Crippen LogP contribution in [0.2, 0.25) is 5.02 Å². The Morgan fingerprint density at radius 2 is 2.20 bits per heavy atom. The molecule has 0 spiro atoms. The molecule has 1 unspecified atom stereocenters. The van der Waals surface area contributed by atoms with Crippen LogP contribution in [0.25, 0.3) is 0 Å². The second-order valence-electron chi connectivity index (χ2n) is 4.60. The number of aromatic nitrogens is 1. The molecule has 2 heterocycles. The quantitative estimate of drug-likeness (QED) is 0.946. The monoisotopic (exact) mass is 311 g/mol. The summed E-state index contributed by atoms with van der Waals surface area (Å²) in [5.41, 5.74) is 1.59. The van der Waals surface area contributed by atoms with Gasteiger partial charge in [-0.15, -0.1) is 11.3 Å². The Hall–Kier alpha value is -1.30. The molecule has 0 bridgehead atoms. The van der Waals surface area contributed by atoms with Gasteiger partial charge in [-0.2, -0.15) is 0 Å². The first-order valence-electron chi connectivity index (χ1n) is 6.31. The Kier molecular flexibility index (Phi) is 3.83. The van der Waals surface area contributed by atoms with Crippen LogP contribution in [0.15, 0.2) is 17.5 Å². The molecule has 0 saturated carbocycles. The molecule has 0 amide bonds. The number of thiazole rings is 1. The number of nitrogens with zero attached hydrogens (tertiary/aromatic N) is 1. The lowest BCUT2D eigenvalue weighted by molar-refractivity contribution is 0.164. The van der Waals surface area contributed by atoms with Crippen molar-refractivity contribution in [1.82, 2.24) is 4.98 Å². The number of fused-ring (bicyclic) bond motifs is 1. The number of halogens is 1. The number of ether oxygens (including phenoxy) is 2. The number of aliphatic hydroxyl groups excluding tert-OH is 1. The number of aryl methyl sites for hydroxylation is 1. The largest absolute Gasteiger partial charge is 0.486 e. The van der Waals surface area contributed by atoms with Crippen LogP contribution in [0, 0.1) is 6.92 Å². The molecule has 1 aliphatic heterocycles. The first-order chi connectivity index (χ1) is 9.63. The fourth-order valence-electron chi connectivity index (χ4n) is 2.14. The van der Waals surface area contributed by atoms with E-state index in [1.165, 1.54) is 0 Å². The van der Waals surface area contributed by atoms with Gasteiger partial charge in [0.1, 0.15) is 13.2 Å². The van der Waals surface area contributed by atoms with Crippen molar-refractivity contribution in [1.29, 1.82) is 0 Å². The highest BCUT2D eigenvalue weighted by atomic mass is 35.5. The third-order valence-electron chi connectivity index (χ3n) is 3.07. The average Bonchev–Trinajstić information content (AvgIpc) is 2.84. The third kappa shape index (κ3) is 2.75. The number of aliphatic hydroxyl groups is 1. The Labute approximate surface area is 125 Å². The lowest BCUT2D eigenvalue weighted by Gasteiger charge is -2.21. The summed E-state index contributed by atoms with van der Waals surface area (Å²) in [5, 5.41) is 13.7. The molecule has 0 fully saturated rings. The van der Waals surface area contributed by atoms with Crippen LogP contribution < -0.4 is 9.47 Å². The summed E-state index contributed by atoms with van der Waals surface area (Å²) in [6, 6.07) is 3.50. The van der Waals surface area contributed by atoms with E-state index in [4.69, 9.17) is 21.1 Å². The SMILES string of the molecule is Cc1nc(CC(O)c2cc(Cl)c3c(c2)OCCO3)cs1. The van der Waals surface area contributed by atoms with Crippen LogP contribution in [0.3, 0.4) is 0 Å². The van der Waals surface area contributed by atoms with Crippen LogP contribution >= 0.6 is 22.9 Å². The molecular formula is C14H14ClNO3S. The number of hydrogen-bond donors (Lipinski definition) is 1. The number of benzene rings is 1. The van der Waals surface area contributed by atoms with Crippen molar-refractivity contribution in [2.24, 2.45) is 0 Å². The van der Waals surface area contributed by atoms with Gasteiger partial charge in [-0.25, -0.2) is 4.98 Å². The molecule has 1 aromatic heterocycles. The van der Waals surface area contributed by atoms with Gasteiger partial charge in [-0.05, 0) is 24.6 Å². The fourth-order valence-corrected chi connectivity index (χ4v) is 3.04. The van der Waals surface area contributed by atoms with Gasteiger partial charge < -0.3 is 14.6 Å². The molecule has 4 nitrogen and oxygen atoms in total. The first kappa shape index (κ1) is 13.7. The predicted molar refractivity (Wildman–Crippen MR) is 78.0 cm³/mol. The van der Waals surface area contributed by atoms with E-state index in [1.54, 1.807) is 23.5 Å². The van der Waals surface area contributed by atoms with E-state index in [0.29, 0.717) is 41.7 Å². The van der Waals surface area contributed by atoms with Crippen LogP contribution in [0.5, 0.6) is 11.5 Å². The van der Waals surface area contributed by atoms with Crippen molar-refractivity contribution >= 4 is 22.9 Å². The van der Waals surface area contributed by atoms with Gasteiger partial charge in [0, 0.05) is 11.8 Å². The molecule has 0 aliphatic carbocycles. The Bertz CT molecular complexity index is 629. The van der Waals surface area contributed by atoms with Gasteiger partial charge in [0.15, 0.2) is 11.5 Å². The summed E-state index contributed by atoms with van der Waals surface area (Å²) in [7, 11) is 0. The van der Waals surface area contributed by atoms with Crippen LogP contribution in [-0.2, 0) is 6.42 Å². The summed E-state index contributed by atoms with van der Waals surface area (Å²) in [5.74, 6) is 1.14. The third-order valence-corrected chi connectivity index (χ3v) is 4.18. The standard InChI is InChI=1S/C14H14ClNO3S/c1-8-16-10(7-20-8)6-12(17)9-4-11(15)14-13(5-9)18-2-3-19-14/h4-5,7,12,17H,2-3,6H2,1H3. The molecule has 6 heteroatoms. The van der Waals surface area contributed by atoms with Gasteiger partial charge in [-0.3, -0.25) is 0 Å². The van der Waals surface area contributed by atoms with E-state index in [2.05, 4.69) is 4.98 Å². The highest BCUT2D eigenvalue weighted by molar-refractivity contribution is 7.09. The highest BCUT2D eigenvalue weighted by Gasteiger charge is 2.20. The molecule has 2 aromatic rings. The van der Waals surface area contributed by atoms with Gasteiger partial charge in [0.25, 0.3) is 0 Å². The molecule has 0 saturated heterocycles. The zero-order chi connectivity index (χ0) is 14.1. The first-order valence-corrected chi connectivity index (χ1v) is 7.57. The molecule has 3 rings (SSSR count). The summed E-state index contributed by atoms with van der Waals surface area (Å²) in [4.78, 5) is 4.36. The van der Waals surface area contributed by atoms with Crippen molar-refractivity contribution < 1.29 is 14.6 Å². The zero-order valence-electron chi connectivity index (χ0n) is 10.9. The summed E-state index contributed by atoms with van der Waals surface area (Å²) < 4.78 is 11.0. The van der Waals surface area contributed by atoms with Crippen LogP contribution in [-0.4, -0.2) is 23.3 Å². The van der Waals surface area contributed by atoms with Crippen molar-refractivity contribution in [3.05, 3.63) is 38.8 Å². The zero-order valence-corrected chi connectivity index (χ0v) is 12.5. The van der Waals surface area contributed by atoms with Gasteiger partial charge in [-0.1, -0.05) is 11.6 Å². The maximum absolute atomic E-state index is 10.3. The molecule has 0 radical (unpaired) electrons. The van der Waals surface area contributed by atoms with Gasteiger partial charge >= 0.3 is 0 Å². The molecule has 1 N–H and O–H groups in total. The lowest BCUT2D eigenvalue weighted by Crippen LogP contribution is -2.16. The molecule has 1 aliphatic rings. The van der Waals surface area contributed by atoms with E-state index in [0.717, 1.165) is 10.7 Å².